The molecule has 1 N–H and O–H groups in total. The largest absolute Gasteiger partial charge is 0.478 e. The van der Waals surface area contributed by atoms with Crippen LogP contribution in [-0.2, 0) is 0 Å². The van der Waals surface area contributed by atoms with Crippen LogP contribution in [0, 0.1) is 6.92 Å². The van der Waals surface area contributed by atoms with Crippen molar-refractivity contribution in [2.45, 2.75) is 58.9 Å². The molecule has 1 aromatic heterocycles. The number of aromatic nitrogens is 2. The van der Waals surface area contributed by atoms with Crippen molar-refractivity contribution in [3.05, 3.63) is 29.6 Å². The molecule has 4 heteroatoms. The van der Waals surface area contributed by atoms with Gasteiger partial charge in [0.15, 0.2) is 0 Å². The summed E-state index contributed by atoms with van der Waals surface area (Å²) in [5.74, 6) is 0.0716. The second kappa shape index (κ2) is 6.74. The van der Waals surface area contributed by atoms with Gasteiger partial charge in [0.05, 0.1) is 16.6 Å². The minimum absolute atomic E-state index is 0.299. The Morgan fingerprint density at radius 3 is 2.67 bits per heavy atom. The van der Waals surface area contributed by atoms with Crippen molar-refractivity contribution in [3.8, 4) is 0 Å². The highest BCUT2D eigenvalue weighted by atomic mass is 16.4. The number of nitrogens with zero attached hydrogens (tertiary/aromatic N) is 2. The van der Waals surface area contributed by atoms with Crippen LogP contribution in [0.15, 0.2) is 18.2 Å². The standard InChI is InChI=1S/C17H24N2O2/c1-4-6-8-14(7-5-2)19-12(3)18-15-11-13(17(20)21)9-10-16(15)19/h9-11,14H,4-8H2,1-3H3,(H,20,21). The summed E-state index contributed by atoms with van der Waals surface area (Å²) < 4.78 is 2.29. The molecule has 2 aromatic rings. The molecule has 0 saturated carbocycles. The molecule has 0 aliphatic rings. The van der Waals surface area contributed by atoms with Gasteiger partial charge in [0.1, 0.15) is 5.82 Å². The number of hydrogen-bond donors (Lipinski definition) is 1. The number of rotatable bonds is 7. The average molecular weight is 288 g/mol. The quantitative estimate of drug-likeness (QED) is 0.811. The molecule has 0 radical (unpaired) electrons. The van der Waals surface area contributed by atoms with Gasteiger partial charge in [0.25, 0.3) is 0 Å². The van der Waals surface area contributed by atoms with E-state index in [0.29, 0.717) is 11.6 Å². The third-order valence-electron chi connectivity index (χ3n) is 3.99. The smallest absolute Gasteiger partial charge is 0.335 e. The van der Waals surface area contributed by atoms with Gasteiger partial charge in [-0.15, -0.1) is 0 Å². The maximum absolute atomic E-state index is 11.1. The second-order valence-electron chi connectivity index (χ2n) is 5.62. The van der Waals surface area contributed by atoms with Crippen LogP contribution in [0.2, 0.25) is 0 Å². The number of carboxylic acid groups (broad SMARTS) is 1. The number of unbranched alkanes of at least 4 members (excludes halogenated alkanes) is 1. The number of fused-ring (bicyclic) bond motifs is 1. The minimum Gasteiger partial charge on any atom is -0.478 e. The van der Waals surface area contributed by atoms with E-state index in [4.69, 9.17) is 5.11 Å². The number of hydrogen-bond acceptors (Lipinski definition) is 2. The molecule has 1 unspecified atom stereocenters. The fraction of sp³-hybridized carbons (Fsp3) is 0.529. The van der Waals surface area contributed by atoms with E-state index in [1.165, 1.54) is 12.8 Å². The van der Waals surface area contributed by atoms with Crippen molar-refractivity contribution in [3.63, 3.8) is 0 Å². The molecule has 0 aliphatic heterocycles. The summed E-state index contributed by atoms with van der Waals surface area (Å²) in [4.78, 5) is 15.6. The molecule has 1 aromatic carbocycles. The fourth-order valence-corrected chi connectivity index (χ4v) is 2.99. The molecule has 0 aliphatic carbocycles. The van der Waals surface area contributed by atoms with Crippen LogP contribution in [0.4, 0.5) is 0 Å². The summed E-state index contributed by atoms with van der Waals surface area (Å²) in [6, 6.07) is 5.69. The molecule has 114 valence electrons. The van der Waals surface area contributed by atoms with Gasteiger partial charge in [-0.3, -0.25) is 0 Å². The van der Waals surface area contributed by atoms with Crippen molar-refractivity contribution < 1.29 is 9.90 Å². The zero-order chi connectivity index (χ0) is 15.4. The van der Waals surface area contributed by atoms with Crippen LogP contribution in [0.25, 0.3) is 11.0 Å². The maximum atomic E-state index is 11.1. The normalized spacial score (nSPS) is 12.7. The lowest BCUT2D eigenvalue weighted by Gasteiger charge is -2.20. The monoisotopic (exact) mass is 288 g/mol. The topological polar surface area (TPSA) is 55.1 Å². The van der Waals surface area contributed by atoms with Gasteiger partial charge in [-0.2, -0.15) is 0 Å². The third kappa shape index (κ3) is 3.26. The number of carbonyl (C=O) groups is 1. The van der Waals surface area contributed by atoms with E-state index in [-0.39, 0.29) is 0 Å². The number of aryl methyl sites for hydroxylation is 1. The van der Waals surface area contributed by atoms with Gasteiger partial charge in [-0.05, 0) is 38.0 Å². The minimum atomic E-state index is -0.903. The Morgan fingerprint density at radius 1 is 1.29 bits per heavy atom. The van der Waals surface area contributed by atoms with Crippen LogP contribution in [-0.4, -0.2) is 20.6 Å². The zero-order valence-electron chi connectivity index (χ0n) is 13.1. The van der Waals surface area contributed by atoms with Crippen molar-refractivity contribution >= 4 is 17.0 Å². The maximum Gasteiger partial charge on any atom is 0.335 e. The predicted octanol–water partition coefficient (Wildman–Crippen LogP) is 4.57. The van der Waals surface area contributed by atoms with Gasteiger partial charge in [-0.1, -0.05) is 33.1 Å². The van der Waals surface area contributed by atoms with Gasteiger partial charge in [0, 0.05) is 6.04 Å². The van der Waals surface area contributed by atoms with E-state index >= 15 is 0 Å². The van der Waals surface area contributed by atoms with Crippen LogP contribution in [0.1, 0.15) is 68.2 Å². The van der Waals surface area contributed by atoms with Crippen LogP contribution in [0.5, 0.6) is 0 Å². The highest BCUT2D eigenvalue weighted by Gasteiger charge is 2.17. The summed E-state index contributed by atoms with van der Waals surface area (Å²) in [6.07, 6.45) is 5.82. The van der Waals surface area contributed by atoms with Gasteiger partial charge in [0.2, 0.25) is 0 Å². The van der Waals surface area contributed by atoms with E-state index < -0.39 is 5.97 Å². The molecule has 4 nitrogen and oxygen atoms in total. The van der Waals surface area contributed by atoms with Gasteiger partial charge in [-0.25, -0.2) is 9.78 Å². The number of imidazole rings is 1. The highest BCUT2D eigenvalue weighted by molar-refractivity contribution is 5.92. The van der Waals surface area contributed by atoms with Crippen molar-refractivity contribution in [2.75, 3.05) is 0 Å². The summed E-state index contributed by atoms with van der Waals surface area (Å²) in [6.45, 7) is 6.42. The summed E-state index contributed by atoms with van der Waals surface area (Å²) >= 11 is 0. The first-order valence-electron chi connectivity index (χ1n) is 7.80. The number of carboxylic acids is 1. The van der Waals surface area contributed by atoms with Crippen molar-refractivity contribution in [1.29, 1.82) is 0 Å². The molecule has 0 bridgehead atoms. The lowest BCUT2D eigenvalue weighted by atomic mass is 10.0. The molecule has 1 heterocycles. The Morgan fingerprint density at radius 2 is 2.05 bits per heavy atom. The summed E-state index contributed by atoms with van der Waals surface area (Å²) in [7, 11) is 0. The van der Waals surface area contributed by atoms with Crippen LogP contribution in [0.3, 0.4) is 0 Å². The van der Waals surface area contributed by atoms with Crippen molar-refractivity contribution in [2.24, 2.45) is 0 Å². The SMILES string of the molecule is CCCCC(CCC)n1c(C)nc2cc(C(=O)O)ccc21. The van der Waals surface area contributed by atoms with Gasteiger partial charge < -0.3 is 9.67 Å². The average Bonchev–Trinajstić information content (AvgIpc) is 2.78. The molecule has 0 saturated heterocycles. The Kier molecular flexibility index (Phi) is 4.99. The molecular formula is C17H24N2O2. The van der Waals surface area contributed by atoms with Crippen LogP contribution < -0.4 is 0 Å². The first-order valence-corrected chi connectivity index (χ1v) is 7.80. The predicted molar refractivity (Wildman–Crippen MR) is 84.9 cm³/mol. The lowest BCUT2D eigenvalue weighted by molar-refractivity contribution is 0.0697. The Labute approximate surface area is 125 Å². The second-order valence-corrected chi connectivity index (χ2v) is 5.62. The molecule has 0 fully saturated rings. The first kappa shape index (κ1) is 15.5. The molecule has 2 rings (SSSR count). The van der Waals surface area contributed by atoms with Gasteiger partial charge >= 0.3 is 5.97 Å². The molecule has 21 heavy (non-hydrogen) atoms. The van der Waals surface area contributed by atoms with Crippen LogP contribution >= 0.6 is 0 Å². The zero-order valence-corrected chi connectivity index (χ0v) is 13.1. The Hall–Kier alpha value is -1.84. The van der Waals surface area contributed by atoms with E-state index in [0.717, 1.165) is 36.1 Å². The molecule has 0 spiro atoms. The van der Waals surface area contributed by atoms with E-state index in [1.54, 1.807) is 12.1 Å². The third-order valence-corrected chi connectivity index (χ3v) is 3.99. The molecule has 0 amide bonds. The Bertz CT molecular complexity index is 631. The highest BCUT2D eigenvalue weighted by Crippen LogP contribution is 2.28. The van der Waals surface area contributed by atoms with E-state index in [2.05, 4.69) is 23.4 Å². The Balaban J connectivity index is 2.46. The number of aromatic carboxylic acids is 1. The van der Waals surface area contributed by atoms with E-state index in [1.807, 2.05) is 13.0 Å². The fourth-order valence-electron chi connectivity index (χ4n) is 2.99. The van der Waals surface area contributed by atoms with E-state index in [9.17, 15) is 4.79 Å². The first-order chi connectivity index (χ1) is 10.1. The lowest BCUT2D eigenvalue weighted by Crippen LogP contribution is -2.10. The van der Waals surface area contributed by atoms with Crippen molar-refractivity contribution in [1.82, 2.24) is 9.55 Å². The summed E-state index contributed by atoms with van der Waals surface area (Å²) in [5, 5.41) is 9.10. The molecule has 1 atom stereocenters. The molecular weight excluding hydrogens is 264 g/mol. The number of benzene rings is 1. The summed E-state index contributed by atoms with van der Waals surface area (Å²) in [5.41, 5.74) is 2.13.